The lowest BCUT2D eigenvalue weighted by molar-refractivity contribution is -0.148. The largest absolute Gasteiger partial charge is 0.351 e. The van der Waals surface area contributed by atoms with Crippen LogP contribution in [0.1, 0.15) is 26.3 Å². The molecule has 0 aliphatic heterocycles. The first-order valence-corrected chi connectivity index (χ1v) is 9.04. The highest BCUT2D eigenvalue weighted by atomic mass is 16.6. The van der Waals surface area contributed by atoms with Crippen LogP contribution >= 0.6 is 0 Å². The summed E-state index contributed by atoms with van der Waals surface area (Å²) >= 11 is 0. The van der Waals surface area contributed by atoms with E-state index in [0.717, 1.165) is 22.5 Å². The molecule has 0 saturated heterocycles. The van der Waals surface area contributed by atoms with Crippen LogP contribution in [-0.4, -0.2) is 32.1 Å². The number of aromatic nitrogens is 3. The zero-order valence-corrected chi connectivity index (χ0v) is 16.5. The number of hydrogen-bond acceptors (Lipinski definition) is 7. The van der Waals surface area contributed by atoms with Crippen molar-refractivity contribution in [2.75, 3.05) is 10.6 Å². The van der Waals surface area contributed by atoms with Gasteiger partial charge in [0, 0.05) is 35.5 Å². The van der Waals surface area contributed by atoms with Gasteiger partial charge in [0.1, 0.15) is 5.82 Å². The summed E-state index contributed by atoms with van der Waals surface area (Å²) in [5.41, 5.74) is 3.08. The van der Waals surface area contributed by atoms with Crippen molar-refractivity contribution >= 4 is 17.2 Å². The molecule has 0 saturated carbocycles. The second-order valence-corrected chi connectivity index (χ2v) is 7.39. The van der Waals surface area contributed by atoms with E-state index in [-0.39, 0.29) is 0 Å². The third-order valence-electron chi connectivity index (χ3n) is 3.82. The number of ether oxygens (including phenoxy) is 1. The minimum Gasteiger partial charge on any atom is -0.351 e. The van der Waals surface area contributed by atoms with Gasteiger partial charge in [-0.2, -0.15) is 0 Å². The number of aryl methyl sites for hydroxylation is 1. The predicted octanol–water partition coefficient (Wildman–Crippen LogP) is 4.09. The van der Waals surface area contributed by atoms with Crippen LogP contribution in [0, 0.1) is 6.92 Å². The topological polar surface area (TPSA) is 92.2 Å². The molecule has 0 aliphatic rings. The van der Waals surface area contributed by atoms with E-state index in [1.54, 1.807) is 18.6 Å². The Hall–Kier alpha value is -3.03. The lowest BCUT2D eigenvalue weighted by Gasteiger charge is -2.25. The Morgan fingerprint density at radius 2 is 1.93 bits per heavy atom. The Bertz CT molecular complexity index is 926. The molecular weight excluding hydrogens is 354 g/mol. The van der Waals surface area contributed by atoms with E-state index in [1.165, 1.54) is 0 Å². The maximum atomic E-state index is 10.0. The van der Waals surface area contributed by atoms with Crippen molar-refractivity contribution in [3.63, 3.8) is 0 Å². The van der Waals surface area contributed by atoms with Gasteiger partial charge in [-0.15, -0.1) is 0 Å². The van der Waals surface area contributed by atoms with Gasteiger partial charge in [-0.1, -0.05) is 0 Å². The summed E-state index contributed by atoms with van der Waals surface area (Å²) < 4.78 is 5.47. The molecule has 0 spiro atoms. The van der Waals surface area contributed by atoms with Gasteiger partial charge in [0.25, 0.3) is 0 Å². The highest BCUT2D eigenvalue weighted by Crippen LogP contribution is 2.24. The number of anilines is 3. The summed E-state index contributed by atoms with van der Waals surface area (Å²) in [5, 5.41) is 16.2. The van der Waals surface area contributed by atoms with E-state index in [2.05, 4.69) is 25.6 Å². The van der Waals surface area contributed by atoms with Crippen LogP contribution in [0.2, 0.25) is 0 Å². The maximum absolute atomic E-state index is 10.0. The molecule has 1 unspecified atom stereocenters. The summed E-state index contributed by atoms with van der Waals surface area (Å²) in [7, 11) is 0. The summed E-state index contributed by atoms with van der Waals surface area (Å²) in [6, 6.07) is 11.3. The van der Waals surface area contributed by atoms with Gasteiger partial charge in [-0.05, 0) is 69.7 Å². The van der Waals surface area contributed by atoms with Crippen LogP contribution in [0.3, 0.4) is 0 Å². The molecule has 3 rings (SSSR count). The maximum Gasteiger partial charge on any atom is 0.235 e. The third-order valence-corrected chi connectivity index (χ3v) is 3.82. The summed E-state index contributed by atoms with van der Waals surface area (Å²) in [6.45, 7) is 7.64. The number of aliphatic hydroxyl groups is 1. The quantitative estimate of drug-likeness (QED) is 0.555. The molecule has 7 heteroatoms. The van der Waals surface area contributed by atoms with Crippen molar-refractivity contribution in [3.05, 3.63) is 60.6 Å². The average Bonchev–Trinajstić information content (AvgIpc) is 2.63. The van der Waals surface area contributed by atoms with Gasteiger partial charge < -0.3 is 20.5 Å². The molecule has 146 valence electrons. The second kappa shape index (κ2) is 8.33. The molecule has 0 fully saturated rings. The molecule has 1 atom stereocenters. The SMILES string of the molecule is Cc1cc(NC(O)OC(C)(C)C)ccc1Nc1ccnc(-c2cccnc2)n1. The van der Waals surface area contributed by atoms with E-state index in [1.807, 2.05) is 64.1 Å². The second-order valence-electron chi connectivity index (χ2n) is 7.39. The minimum absolute atomic E-state index is 0.443. The van der Waals surface area contributed by atoms with Crippen molar-refractivity contribution in [2.24, 2.45) is 0 Å². The van der Waals surface area contributed by atoms with Crippen molar-refractivity contribution < 1.29 is 9.84 Å². The summed E-state index contributed by atoms with van der Waals surface area (Å²) in [6.07, 6.45) is 4.08. The van der Waals surface area contributed by atoms with Crippen molar-refractivity contribution in [3.8, 4) is 11.4 Å². The van der Waals surface area contributed by atoms with Crippen LogP contribution in [0.4, 0.5) is 17.2 Å². The van der Waals surface area contributed by atoms with Crippen LogP contribution < -0.4 is 10.6 Å². The Morgan fingerprint density at radius 3 is 2.61 bits per heavy atom. The Balaban J connectivity index is 1.72. The minimum atomic E-state index is -1.08. The van der Waals surface area contributed by atoms with Gasteiger partial charge in [0.15, 0.2) is 5.82 Å². The number of nitrogens with one attached hydrogen (secondary N) is 2. The fourth-order valence-corrected chi connectivity index (χ4v) is 2.60. The Kier molecular flexibility index (Phi) is 5.87. The molecule has 0 aliphatic carbocycles. The highest BCUT2D eigenvalue weighted by Gasteiger charge is 2.16. The predicted molar refractivity (Wildman–Crippen MR) is 110 cm³/mol. The number of benzene rings is 1. The van der Waals surface area contributed by atoms with E-state index in [9.17, 15) is 5.11 Å². The smallest absolute Gasteiger partial charge is 0.235 e. The van der Waals surface area contributed by atoms with Gasteiger partial charge in [0.2, 0.25) is 6.41 Å². The van der Waals surface area contributed by atoms with Gasteiger partial charge in [-0.25, -0.2) is 9.97 Å². The zero-order valence-electron chi connectivity index (χ0n) is 16.5. The molecule has 7 nitrogen and oxygen atoms in total. The Labute approximate surface area is 164 Å². The van der Waals surface area contributed by atoms with Crippen LogP contribution in [-0.2, 0) is 4.74 Å². The number of nitrogens with zero attached hydrogens (tertiary/aromatic N) is 3. The first-order valence-electron chi connectivity index (χ1n) is 9.04. The van der Waals surface area contributed by atoms with E-state index < -0.39 is 12.0 Å². The lowest BCUT2D eigenvalue weighted by Crippen LogP contribution is -2.32. The molecule has 0 radical (unpaired) electrons. The van der Waals surface area contributed by atoms with Gasteiger partial charge in [-0.3, -0.25) is 4.98 Å². The molecule has 28 heavy (non-hydrogen) atoms. The molecule has 3 N–H and O–H groups in total. The lowest BCUT2D eigenvalue weighted by atomic mass is 10.1. The summed E-state index contributed by atoms with van der Waals surface area (Å²) in [5.74, 6) is 1.30. The average molecular weight is 379 g/mol. The molecule has 3 aromatic rings. The van der Waals surface area contributed by atoms with Gasteiger partial charge >= 0.3 is 0 Å². The third kappa shape index (κ3) is 5.48. The summed E-state index contributed by atoms with van der Waals surface area (Å²) in [4.78, 5) is 13.0. The standard InChI is InChI=1S/C21H25N5O2/c1-14-12-16(24-20(27)28-21(2,3)4)7-8-17(14)25-18-9-11-23-19(26-18)15-6-5-10-22-13-15/h5-13,20,24,27H,1-4H3,(H,23,25,26). The first kappa shape index (κ1) is 19.7. The monoisotopic (exact) mass is 379 g/mol. The van der Waals surface area contributed by atoms with Crippen molar-refractivity contribution in [2.45, 2.75) is 39.7 Å². The highest BCUT2D eigenvalue weighted by molar-refractivity contribution is 5.66. The normalized spacial score (nSPS) is 12.5. The molecule has 0 amide bonds. The fourth-order valence-electron chi connectivity index (χ4n) is 2.60. The molecule has 2 heterocycles. The van der Waals surface area contributed by atoms with E-state index in [4.69, 9.17) is 4.74 Å². The Morgan fingerprint density at radius 1 is 1.11 bits per heavy atom. The zero-order chi connectivity index (χ0) is 20.1. The van der Waals surface area contributed by atoms with Crippen LogP contribution in [0.15, 0.2) is 55.0 Å². The first-order chi connectivity index (χ1) is 13.3. The number of aliphatic hydroxyl groups excluding tert-OH is 1. The van der Waals surface area contributed by atoms with Crippen LogP contribution in [0.25, 0.3) is 11.4 Å². The number of hydrogen-bond donors (Lipinski definition) is 3. The fraction of sp³-hybridized carbons (Fsp3) is 0.286. The number of rotatable bonds is 6. The van der Waals surface area contributed by atoms with E-state index in [0.29, 0.717) is 11.6 Å². The number of pyridine rings is 1. The van der Waals surface area contributed by atoms with Crippen molar-refractivity contribution in [1.29, 1.82) is 0 Å². The van der Waals surface area contributed by atoms with Crippen LogP contribution in [0.5, 0.6) is 0 Å². The molecular formula is C21H25N5O2. The molecule has 1 aromatic carbocycles. The van der Waals surface area contributed by atoms with Gasteiger partial charge in [0.05, 0.1) is 5.60 Å². The molecule has 2 aromatic heterocycles. The molecule has 0 bridgehead atoms. The van der Waals surface area contributed by atoms with E-state index >= 15 is 0 Å². The van der Waals surface area contributed by atoms with Crippen molar-refractivity contribution in [1.82, 2.24) is 15.0 Å².